The number of amidine groups is 1. The van der Waals surface area contributed by atoms with E-state index in [2.05, 4.69) is 15.3 Å². The van der Waals surface area contributed by atoms with Crippen LogP contribution < -0.4 is 5.32 Å². The van der Waals surface area contributed by atoms with Gasteiger partial charge in [0, 0.05) is 18.0 Å². The monoisotopic (exact) mass is 283 g/mol. The smallest absolute Gasteiger partial charge is 0.275 e. The van der Waals surface area contributed by atoms with Crippen molar-refractivity contribution in [2.45, 2.75) is 0 Å². The number of hydrogen-bond acceptors (Lipinski definition) is 3. The number of rotatable bonds is 2. The van der Waals surface area contributed by atoms with E-state index in [1.165, 1.54) is 0 Å². The van der Waals surface area contributed by atoms with Gasteiger partial charge >= 0.3 is 0 Å². The van der Waals surface area contributed by atoms with Crippen LogP contribution in [0, 0.1) is 0 Å². The van der Waals surface area contributed by atoms with Gasteiger partial charge in [0.1, 0.15) is 11.5 Å². The molecule has 1 aliphatic rings. The Kier molecular flexibility index (Phi) is 3.31. The van der Waals surface area contributed by atoms with E-state index in [9.17, 15) is 4.79 Å². The molecule has 20 heavy (non-hydrogen) atoms. The number of amides is 1. The lowest BCUT2D eigenvalue weighted by Gasteiger charge is -2.01. The maximum absolute atomic E-state index is 11.9. The first-order chi connectivity index (χ1) is 9.74. The minimum atomic E-state index is -0.239. The van der Waals surface area contributed by atoms with E-state index >= 15 is 0 Å². The van der Waals surface area contributed by atoms with Gasteiger partial charge in [0.2, 0.25) is 0 Å². The van der Waals surface area contributed by atoms with Crippen molar-refractivity contribution >= 4 is 29.4 Å². The predicted molar refractivity (Wildman–Crippen MR) is 78.3 cm³/mol. The number of benzene rings is 1. The summed E-state index contributed by atoms with van der Waals surface area (Å²) in [6, 6.07) is 10.9. The largest absolute Gasteiger partial charge is 0.305 e. The summed E-state index contributed by atoms with van der Waals surface area (Å²) in [5.74, 6) is 0.234. The molecule has 3 rings (SSSR count). The molecule has 0 radical (unpaired) electrons. The number of carbonyl (C=O) groups excluding carboxylic acids is 1. The quantitative estimate of drug-likeness (QED) is 0.862. The lowest BCUT2D eigenvalue weighted by molar-refractivity contribution is -0.115. The first-order valence-electron chi connectivity index (χ1n) is 6.01. The Bertz CT molecular complexity index is 723. The van der Waals surface area contributed by atoms with Crippen LogP contribution in [0.1, 0.15) is 11.1 Å². The molecule has 0 bridgehead atoms. The highest BCUT2D eigenvalue weighted by Gasteiger charge is 2.22. The number of aliphatic imine (C=N–C) groups is 1. The van der Waals surface area contributed by atoms with Crippen LogP contribution in [-0.4, -0.2) is 16.7 Å². The molecule has 2 aromatic rings. The maximum atomic E-state index is 11.9. The zero-order chi connectivity index (χ0) is 13.9. The Balaban J connectivity index is 1.98. The Morgan fingerprint density at radius 3 is 2.60 bits per heavy atom. The van der Waals surface area contributed by atoms with Gasteiger partial charge in [-0.3, -0.25) is 9.78 Å². The molecule has 1 amide bonds. The molecule has 1 aliphatic heterocycles. The fourth-order valence-corrected chi connectivity index (χ4v) is 2.09. The number of aromatic nitrogens is 1. The van der Waals surface area contributed by atoms with Crippen molar-refractivity contribution in [1.29, 1.82) is 0 Å². The van der Waals surface area contributed by atoms with Crippen LogP contribution in [-0.2, 0) is 4.79 Å². The van der Waals surface area contributed by atoms with Gasteiger partial charge in [0.05, 0.1) is 5.02 Å². The van der Waals surface area contributed by atoms with Crippen LogP contribution in [0.4, 0.5) is 0 Å². The minimum Gasteiger partial charge on any atom is -0.305 e. The number of halogens is 1. The van der Waals surface area contributed by atoms with Crippen molar-refractivity contribution in [1.82, 2.24) is 10.3 Å². The van der Waals surface area contributed by atoms with Gasteiger partial charge in [-0.05, 0) is 35.9 Å². The van der Waals surface area contributed by atoms with E-state index in [0.29, 0.717) is 22.1 Å². The fraction of sp³-hybridized carbons (Fsp3) is 0. The molecular formula is C15H10ClN3O. The van der Waals surface area contributed by atoms with Gasteiger partial charge < -0.3 is 5.32 Å². The fourth-order valence-electron chi connectivity index (χ4n) is 1.87. The summed E-state index contributed by atoms with van der Waals surface area (Å²) in [6.07, 6.45) is 5.04. The molecule has 5 heteroatoms. The second-order valence-corrected chi connectivity index (χ2v) is 4.61. The van der Waals surface area contributed by atoms with E-state index in [0.717, 1.165) is 5.56 Å². The Morgan fingerprint density at radius 1 is 1.10 bits per heavy atom. The molecule has 1 aromatic carbocycles. The zero-order valence-electron chi connectivity index (χ0n) is 10.4. The van der Waals surface area contributed by atoms with Crippen LogP contribution in [0.15, 0.2) is 59.5 Å². The van der Waals surface area contributed by atoms with Gasteiger partial charge in [-0.2, -0.15) is 0 Å². The number of nitrogens with zero attached hydrogens (tertiary/aromatic N) is 2. The van der Waals surface area contributed by atoms with Crippen molar-refractivity contribution < 1.29 is 4.79 Å². The molecule has 0 spiro atoms. The second-order valence-electron chi connectivity index (χ2n) is 4.20. The highest BCUT2D eigenvalue weighted by atomic mass is 35.5. The third-order valence-corrected chi connectivity index (χ3v) is 3.16. The normalized spacial score (nSPS) is 16.1. The van der Waals surface area contributed by atoms with E-state index in [1.54, 1.807) is 24.5 Å². The lowest BCUT2D eigenvalue weighted by Crippen LogP contribution is -2.24. The second kappa shape index (κ2) is 5.27. The molecule has 98 valence electrons. The van der Waals surface area contributed by atoms with Crippen molar-refractivity contribution in [2.75, 3.05) is 0 Å². The molecule has 1 N–H and O–H groups in total. The van der Waals surface area contributed by atoms with Crippen molar-refractivity contribution in [3.63, 3.8) is 0 Å². The van der Waals surface area contributed by atoms with E-state index in [-0.39, 0.29) is 5.91 Å². The first kappa shape index (κ1) is 12.6. The summed E-state index contributed by atoms with van der Waals surface area (Å²) in [6.45, 7) is 0. The van der Waals surface area contributed by atoms with Crippen LogP contribution in [0.25, 0.3) is 6.08 Å². The Morgan fingerprint density at radius 2 is 1.85 bits per heavy atom. The summed E-state index contributed by atoms with van der Waals surface area (Å²) >= 11 is 6.10. The molecule has 2 heterocycles. The average Bonchev–Trinajstić information content (AvgIpc) is 2.81. The highest BCUT2D eigenvalue weighted by Crippen LogP contribution is 2.20. The van der Waals surface area contributed by atoms with Crippen LogP contribution in [0.3, 0.4) is 0 Å². The summed E-state index contributed by atoms with van der Waals surface area (Å²) < 4.78 is 0. The summed E-state index contributed by atoms with van der Waals surface area (Å²) in [5.41, 5.74) is 1.93. The van der Waals surface area contributed by atoms with Crippen molar-refractivity contribution in [2.24, 2.45) is 4.99 Å². The maximum Gasteiger partial charge on any atom is 0.275 e. The molecule has 4 nitrogen and oxygen atoms in total. The number of carbonyl (C=O) groups is 1. The molecule has 0 fully saturated rings. The summed E-state index contributed by atoms with van der Waals surface area (Å²) in [7, 11) is 0. The topological polar surface area (TPSA) is 54.4 Å². The highest BCUT2D eigenvalue weighted by molar-refractivity contribution is 6.35. The number of hydrogen-bond donors (Lipinski definition) is 1. The molecule has 0 unspecified atom stereocenters. The standard InChI is InChI=1S/C15H10ClN3O/c16-12-4-2-1-3-11(12)14-18-13(15(20)19-14)9-10-5-7-17-8-6-10/h1-9H,(H,18,19,20)/b13-9+. The summed E-state index contributed by atoms with van der Waals surface area (Å²) in [4.78, 5) is 20.2. The third-order valence-electron chi connectivity index (χ3n) is 2.84. The Labute approximate surface area is 120 Å². The van der Waals surface area contributed by atoms with Crippen LogP contribution in [0.2, 0.25) is 5.02 Å². The van der Waals surface area contributed by atoms with Gasteiger partial charge in [0.15, 0.2) is 0 Å². The van der Waals surface area contributed by atoms with Gasteiger partial charge in [-0.15, -0.1) is 0 Å². The average molecular weight is 284 g/mol. The molecule has 1 aromatic heterocycles. The Hall–Kier alpha value is -2.46. The third kappa shape index (κ3) is 2.46. The molecular weight excluding hydrogens is 274 g/mol. The van der Waals surface area contributed by atoms with Crippen LogP contribution >= 0.6 is 11.6 Å². The van der Waals surface area contributed by atoms with Gasteiger partial charge in [-0.25, -0.2) is 4.99 Å². The predicted octanol–water partition coefficient (Wildman–Crippen LogP) is 2.65. The van der Waals surface area contributed by atoms with Crippen molar-refractivity contribution in [3.8, 4) is 0 Å². The minimum absolute atomic E-state index is 0.239. The molecule has 0 aliphatic carbocycles. The number of pyridine rings is 1. The number of nitrogens with one attached hydrogen (secondary N) is 1. The SMILES string of the molecule is O=C1NC(c2ccccc2Cl)=N/C1=C/c1ccncc1. The molecule has 0 saturated heterocycles. The first-order valence-corrected chi connectivity index (χ1v) is 6.38. The lowest BCUT2D eigenvalue weighted by atomic mass is 10.2. The molecule has 0 saturated carbocycles. The summed E-state index contributed by atoms with van der Waals surface area (Å²) in [5, 5.41) is 3.28. The van der Waals surface area contributed by atoms with E-state index < -0.39 is 0 Å². The van der Waals surface area contributed by atoms with Crippen molar-refractivity contribution in [3.05, 3.63) is 70.6 Å². The van der Waals surface area contributed by atoms with E-state index in [1.807, 2.05) is 30.3 Å². The zero-order valence-corrected chi connectivity index (χ0v) is 11.1. The van der Waals surface area contributed by atoms with Gasteiger partial charge in [0.25, 0.3) is 5.91 Å². The van der Waals surface area contributed by atoms with Gasteiger partial charge in [-0.1, -0.05) is 23.7 Å². The molecule has 0 atom stereocenters. The van der Waals surface area contributed by atoms with E-state index in [4.69, 9.17) is 11.6 Å². The van der Waals surface area contributed by atoms with Crippen LogP contribution in [0.5, 0.6) is 0 Å².